The molecular formula is C20H30N2O. The highest BCUT2D eigenvalue weighted by atomic mass is 16.3. The number of fused-ring (bicyclic) bond motifs is 1. The van der Waals surface area contributed by atoms with E-state index in [1.807, 2.05) is 0 Å². The van der Waals surface area contributed by atoms with E-state index in [9.17, 15) is 5.11 Å². The highest BCUT2D eigenvalue weighted by Crippen LogP contribution is 2.55. The topological polar surface area (TPSA) is 35.5 Å². The molecule has 3 aliphatic rings. The first-order valence-electron chi connectivity index (χ1n) is 9.54. The van der Waals surface area contributed by atoms with Crippen LogP contribution in [0.25, 0.3) is 0 Å². The van der Waals surface area contributed by atoms with Crippen molar-refractivity contribution in [2.24, 2.45) is 5.92 Å². The van der Waals surface area contributed by atoms with Gasteiger partial charge in [0.25, 0.3) is 0 Å². The fourth-order valence-corrected chi connectivity index (χ4v) is 5.78. The van der Waals surface area contributed by atoms with Crippen LogP contribution in [0, 0.1) is 5.92 Å². The number of nitrogens with zero attached hydrogens (tertiary/aromatic N) is 1. The van der Waals surface area contributed by atoms with Crippen molar-refractivity contribution < 1.29 is 5.11 Å². The number of anilines is 1. The maximum absolute atomic E-state index is 10.7. The third kappa shape index (κ3) is 2.20. The molecule has 0 unspecified atom stereocenters. The second-order valence-corrected chi connectivity index (χ2v) is 7.69. The zero-order valence-corrected chi connectivity index (χ0v) is 14.6. The number of benzene rings is 1. The molecule has 4 rings (SSSR count). The SMILES string of the molecule is CCN(CC)c1cc2c(cc1O)[C@]13CCCC[C@@H]1[C@H](C2)NCC3. The Kier molecular flexibility index (Phi) is 3.79. The van der Waals surface area contributed by atoms with Crippen LogP contribution in [-0.4, -0.2) is 30.8 Å². The molecule has 2 N–H and O–H groups in total. The molecule has 23 heavy (non-hydrogen) atoms. The number of rotatable bonds is 3. The summed E-state index contributed by atoms with van der Waals surface area (Å²) in [6.07, 6.45) is 7.77. The monoisotopic (exact) mass is 314 g/mol. The van der Waals surface area contributed by atoms with Crippen molar-refractivity contribution in [3.8, 4) is 5.75 Å². The molecule has 3 nitrogen and oxygen atoms in total. The van der Waals surface area contributed by atoms with Crippen molar-refractivity contribution in [2.75, 3.05) is 24.5 Å². The second kappa shape index (κ2) is 5.70. The van der Waals surface area contributed by atoms with Crippen LogP contribution in [0.2, 0.25) is 0 Å². The number of hydrogen-bond donors (Lipinski definition) is 2. The lowest BCUT2D eigenvalue weighted by Crippen LogP contribution is -2.59. The van der Waals surface area contributed by atoms with Gasteiger partial charge in [0.15, 0.2) is 0 Å². The molecule has 0 spiro atoms. The maximum atomic E-state index is 10.7. The van der Waals surface area contributed by atoms with Gasteiger partial charge in [-0.05, 0) is 75.3 Å². The summed E-state index contributed by atoms with van der Waals surface area (Å²) in [6, 6.07) is 5.08. The van der Waals surface area contributed by atoms with Crippen molar-refractivity contribution in [3.05, 3.63) is 23.3 Å². The van der Waals surface area contributed by atoms with Crippen LogP contribution in [-0.2, 0) is 11.8 Å². The Labute approximate surface area is 140 Å². The number of phenolic OH excluding ortho intramolecular Hbond substituents is 1. The van der Waals surface area contributed by atoms with Crippen LogP contribution in [0.15, 0.2) is 12.1 Å². The Morgan fingerprint density at radius 1 is 1.22 bits per heavy atom. The van der Waals surface area contributed by atoms with E-state index in [1.54, 1.807) is 0 Å². The van der Waals surface area contributed by atoms with Gasteiger partial charge in [0.1, 0.15) is 5.75 Å². The van der Waals surface area contributed by atoms with Crippen molar-refractivity contribution in [1.29, 1.82) is 0 Å². The molecule has 1 aromatic rings. The molecule has 1 aliphatic heterocycles. The first-order valence-corrected chi connectivity index (χ1v) is 9.54. The molecule has 0 aromatic heterocycles. The first-order chi connectivity index (χ1) is 11.2. The van der Waals surface area contributed by atoms with Crippen molar-refractivity contribution >= 4 is 5.69 Å². The highest BCUT2D eigenvalue weighted by Gasteiger charge is 2.51. The number of piperidine rings is 1. The standard InChI is InChI=1S/C20H30N2O/c1-3-22(4-2)18-12-14-11-17-15-7-5-6-8-20(15,9-10-21-17)16(14)13-19(18)23/h12-13,15,17,21,23H,3-11H2,1-2H3/t15-,17+,20+/m1/s1. The Hall–Kier alpha value is -1.22. The van der Waals surface area contributed by atoms with Gasteiger partial charge in [-0.3, -0.25) is 0 Å². The van der Waals surface area contributed by atoms with E-state index in [0.717, 1.165) is 37.7 Å². The summed E-state index contributed by atoms with van der Waals surface area (Å²) in [5.41, 5.74) is 4.33. The van der Waals surface area contributed by atoms with E-state index in [0.29, 0.717) is 17.2 Å². The largest absolute Gasteiger partial charge is 0.506 e. The van der Waals surface area contributed by atoms with Gasteiger partial charge in [0.2, 0.25) is 0 Å². The Morgan fingerprint density at radius 2 is 2.04 bits per heavy atom. The molecule has 1 heterocycles. The molecule has 2 aliphatic carbocycles. The molecular weight excluding hydrogens is 284 g/mol. The lowest BCUT2D eigenvalue weighted by Gasteiger charge is -2.56. The molecule has 2 fully saturated rings. The highest BCUT2D eigenvalue weighted by molar-refractivity contribution is 5.63. The normalized spacial score (nSPS) is 32.1. The Bertz CT molecular complexity index is 592. The Morgan fingerprint density at radius 3 is 2.83 bits per heavy atom. The van der Waals surface area contributed by atoms with Crippen molar-refractivity contribution in [1.82, 2.24) is 5.32 Å². The van der Waals surface area contributed by atoms with Gasteiger partial charge in [-0.25, -0.2) is 0 Å². The number of nitrogens with one attached hydrogen (secondary N) is 1. The van der Waals surface area contributed by atoms with E-state index in [4.69, 9.17) is 0 Å². The summed E-state index contributed by atoms with van der Waals surface area (Å²) < 4.78 is 0. The van der Waals surface area contributed by atoms with Crippen LogP contribution in [0.1, 0.15) is 57.1 Å². The molecule has 3 atom stereocenters. The number of hydrogen-bond acceptors (Lipinski definition) is 3. The predicted molar refractivity (Wildman–Crippen MR) is 95.4 cm³/mol. The number of phenols is 1. The average Bonchev–Trinajstić information content (AvgIpc) is 2.57. The van der Waals surface area contributed by atoms with Crippen LogP contribution >= 0.6 is 0 Å². The molecule has 1 saturated heterocycles. The Balaban J connectivity index is 1.83. The van der Waals surface area contributed by atoms with E-state index in [2.05, 4.69) is 36.2 Å². The minimum absolute atomic E-state index is 0.334. The summed E-state index contributed by atoms with van der Waals surface area (Å²) in [7, 11) is 0. The lowest BCUT2D eigenvalue weighted by molar-refractivity contribution is 0.0795. The van der Waals surface area contributed by atoms with Gasteiger partial charge in [0.05, 0.1) is 5.69 Å². The van der Waals surface area contributed by atoms with E-state index in [-0.39, 0.29) is 0 Å². The molecule has 1 aromatic carbocycles. The zero-order chi connectivity index (χ0) is 16.0. The summed E-state index contributed by atoms with van der Waals surface area (Å²) in [5.74, 6) is 1.26. The molecule has 1 saturated carbocycles. The van der Waals surface area contributed by atoms with Gasteiger partial charge in [-0.15, -0.1) is 0 Å². The molecule has 126 valence electrons. The molecule has 0 radical (unpaired) electrons. The van der Waals surface area contributed by atoms with Gasteiger partial charge >= 0.3 is 0 Å². The minimum atomic E-state index is 0.334. The summed E-state index contributed by atoms with van der Waals surface area (Å²) in [5, 5.41) is 14.5. The maximum Gasteiger partial charge on any atom is 0.139 e. The molecule has 2 bridgehead atoms. The summed E-state index contributed by atoms with van der Waals surface area (Å²) >= 11 is 0. The fraction of sp³-hybridized carbons (Fsp3) is 0.700. The smallest absolute Gasteiger partial charge is 0.139 e. The van der Waals surface area contributed by atoms with Crippen LogP contribution in [0.3, 0.4) is 0 Å². The van der Waals surface area contributed by atoms with Gasteiger partial charge in [-0.1, -0.05) is 12.8 Å². The van der Waals surface area contributed by atoms with Gasteiger partial charge in [-0.2, -0.15) is 0 Å². The van der Waals surface area contributed by atoms with Crippen molar-refractivity contribution in [2.45, 2.75) is 63.8 Å². The minimum Gasteiger partial charge on any atom is -0.506 e. The third-order valence-electron chi connectivity index (χ3n) is 6.84. The van der Waals surface area contributed by atoms with Crippen molar-refractivity contribution in [3.63, 3.8) is 0 Å². The van der Waals surface area contributed by atoms with Crippen LogP contribution in [0.4, 0.5) is 5.69 Å². The van der Waals surface area contributed by atoms with Gasteiger partial charge < -0.3 is 15.3 Å². The first kappa shape index (κ1) is 15.3. The van der Waals surface area contributed by atoms with Crippen LogP contribution < -0.4 is 10.2 Å². The van der Waals surface area contributed by atoms with Gasteiger partial charge in [0, 0.05) is 24.5 Å². The van der Waals surface area contributed by atoms with E-state index in [1.165, 1.54) is 43.2 Å². The predicted octanol–water partition coefficient (Wildman–Crippen LogP) is 3.58. The number of aromatic hydroxyl groups is 1. The fourth-order valence-electron chi connectivity index (χ4n) is 5.78. The second-order valence-electron chi connectivity index (χ2n) is 7.69. The third-order valence-corrected chi connectivity index (χ3v) is 6.84. The zero-order valence-electron chi connectivity index (χ0n) is 14.6. The molecule has 0 amide bonds. The van der Waals surface area contributed by atoms with Crippen LogP contribution in [0.5, 0.6) is 5.75 Å². The quantitative estimate of drug-likeness (QED) is 0.895. The summed E-state index contributed by atoms with van der Waals surface area (Å²) in [6.45, 7) is 7.35. The molecule has 3 heteroatoms. The van der Waals surface area contributed by atoms with E-state index >= 15 is 0 Å². The summed E-state index contributed by atoms with van der Waals surface area (Å²) in [4.78, 5) is 2.27. The lowest BCUT2D eigenvalue weighted by atomic mass is 9.53. The average molecular weight is 314 g/mol. The van der Waals surface area contributed by atoms with E-state index < -0.39 is 0 Å².